The average Bonchev–Trinajstić information content (AvgIpc) is 2.33. The molecule has 0 aliphatic heterocycles. The van der Waals surface area contributed by atoms with Crippen LogP contribution in [-0.4, -0.2) is 5.78 Å². The first-order valence-corrected chi connectivity index (χ1v) is 7.95. The van der Waals surface area contributed by atoms with Crippen LogP contribution in [0.3, 0.4) is 0 Å². The minimum Gasteiger partial charge on any atom is -0.300 e. The highest BCUT2D eigenvalue weighted by Gasteiger charge is 2.07. The van der Waals surface area contributed by atoms with Gasteiger partial charge in [-0.2, -0.15) is 0 Å². The molecular formula is C17H30O. The Morgan fingerprint density at radius 2 is 1.50 bits per heavy atom. The van der Waals surface area contributed by atoms with E-state index in [1.165, 1.54) is 51.4 Å². The van der Waals surface area contributed by atoms with Gasteiger partial charge in [0, 0.05) is 12.8 Å². The third-order valence-electron chi connectivity index (χ3n) is 3.86. The van der Waals surface area contributed by atoms with Crippen molar-refractivity contribution in [2.24, 2.45) is 5.92 Å². The van der Waals surface area contributed by atoms with Crippen LogP contribution in [0, 0.1) is 5.92 Å². The van der Waals surface area contributed by atoms with E-state index >= 15 is 0 Å². The highest BCUT2D eigenvalue weighted by molar-refractivity contribution is 5.78. The standard InChI is InChI=1S/C17H30O/c1-16-13-11-9-7-5-3-2-4-6-8-10-12-14-17(18)15-16/h9,11,16H,2-8,10,12-15H2,1H3/t16-/m1/s1. The van der Waals surface area contributed by atoms with Crippen LogP contribution in [-0.2, 0) is 4.79 Å². The third-order valence-corrected chi connectivity index (χ3v) is 3.86. The summed E-state index contributed by atoms with van der Waals surface area (Å²) >= 11 is 0. The molecule has 0 aromatic rings. The molecule has 0 amide bonds. The van der Waals surface area contributed by atoms with E-state index in [0.29, 0.717) is 11.7 Å². The summed E-state index contributed by atoms with van der Waals surface area (Å²) in [7, 11) is 0. The highest BCUT2D eigenvalue weighted by Crippen LogP contribution is 2.15. The van der Waals surface area contributed by atoms with E-state index in [2.05, 4.69) is 19.1 Å². The summed E-state index contributed by atoms with van der Waals surface area (Å²) in [6.07, 6.45) is 19.0. The van der Waals surface area contributed by atoms with Crippen molar-refractivity contribution < 1.29 is 4.79 Å². The van der Waals surface area contributed by atoms with Crippen molar-refractivity contribution in [3.63, 3.8) is 0 Å². The molecule has 0 saturated carbocycles. The van der Waals surface area contributed by atoms with Gasteiger partial charge in [0.05, 0.1) is 0 Å². The maximum absolute atomic E-state index is 11.8. The number of ketones is 1. The summed E-state index contributed by atoms with van der Waals surface area (Å²) in [5.74, 6) is 1.00. The number of Topliss-reactive ketones (excluding diaryl/α,β-unsaturated/α-hetero) is 1. The first-order chi connectivity index (χ1) is 8.79. The minimum atomic E-state index is 0.475. The summed E-state index contributed by atoms with van der Waals surface area (Å²) in [5.41, 5.74) is 0. The number of rotatable bonds is 0. The average molecular weight is 250 g/mol. The lowest BCUT2D eigenvalue weighted by Crippen LogP contribution is -2.04. The van der Waals surface area contributed by atoms with Crippen molar-refractivity contribution in [3.05, 3.63) is 12.2 Å². The fraction of sp³-hybridized carbons (Fsp3) is 0.824. The predicted octanol–water partition coefficient (Wildman–Crippen LogP) is 5.44. The van der Waals surface area contributed by atoms with Crippen molar-refractivity contribution >= 4 is 5.78 Å². The van der Waals surface area contributed by atoms with Crippen LogP contribution in [0.4, 0.5) is 0 Å². The van der Waals surface area contributed by atoms with Gasteiger partial charge in [-0.05, 0) is 31.6 Å². The van der Waals surface area contributed by atoms with Crippen LogP contribution in [0.25, 0.3) is 0 Å². The molecule has 18 heavy (non-hydrogen) atoms. The van der Waals surface area contributed by atoms with E-state index in [1.54, 1.807) is 0 Å². The van der Waals surface area contributed by atoms with Crippen LogP contribution < -0.4 is 0 Å². The fourth-order valence-corrected chi connectivity index (χ4v) is 2.67. The molecule has 0 heterocycles. The number of hydrogen-bond donors (Lipinski definition) is 0. The number of hydrogen-bond acceptors (Lipinski definition) is 1. The highest BCUT2D eigenvalue weighted by atomic mass is 16.1. The van der Waals surface area contributed by atoms with Gasteiger partial charge in [-0.3, -0.25) is 4.79 Å². The van der Waals surface area contributed by atoms with Crippen molar-refractivity contribution in [3.8, 4) is 0 Å². The van der Waals surface area contributed by atoms with E-state index in [9.17, 15) is 4.79 Å². The van der Waals surface area contributed by atoms with Gasteiger partial charge in [0.25, 0.3) is 0 Å². The second kappa shape index (κ2) is 10.3. The number of allylic oxidation sites excluding steroid dienone is 2. The van der Waals surface area contributed by atoms with Gasteiger partial charge in [0.15, 0.2) is 0 Å². The quantitative estimate of drug-likeness (QED) is 0.523. The third kappa shape index (κ3) is 8.49. The van der Waals surface area contributed by atoms with Gasteiger partial charge in [-0.15, -0.1) is 0 Å². The first-order valence-electron chi connectivity index (χ1n) is 7.95. The second-order valence-corrected chi connectivity index (χ2v) is 5.92. The smallest absolute Gasteiger partial charge is 0.133 e. The number of carbonyl (C=O) groups excluding carboxylic acids is 1. The molecule has 0 aromatic heterocycles. The maximum atomic E-state index is 11.8. The molecular weight excluding hydrogens is 220 g/mol. The fourth-order valence-electron chi connectivity index (χ4n) is 2.67. The van der Waals surface area contributed by atoms with Gasteiger partial charge in [-0.25, -0.2) is 0 Å². The zero-order valence-electron chi connectivity index (χ0n) is 12.1. The van der Waals surface area contributed by atoms with E-state index in [4.69, 9.17) is 0 Å². The number of carbonyl (C=O) groups is 1. The molecule has 1 rings (SSSR count). The Morgan fingerprint density at radius 3 is 2.22 bits per heavy atom. The molecule has 0 bridgehead atoms. The summed E-state index contributed by atoms with van der Waals surface area (Å²) < 4.78 is 0. The van der Waals surface area contributed by atoms with Gasteiger partial charge in [0.2, 0.25) is 0 Å². The van der Waals surface area contributed by atoms with E-state index in [0.717, 1.165) is 25.7 Å². The Labute approximate surface area is 113 Å². The molecule has 104 valence electrons. The molecule has 0 N–H and O–H groups in total. The largest absolute Gasteiger partial charge is 0.300 e. The van der Waals surface area contributed by atoms with Crippen molar-refractivity contribution in [1.29, 1.82) is 0 Å². The van der Waals surface area contributed by atoms with Crippen LogP contribution >= 0.6 is 0 Å². The van der Waals surface area contributed by atoms with Crippen LogP contribution in [0.15, 0.2) is 12.2 Å². The van der Waals surface area contributed by atoms with Crippen LogP contribution in [0.1, 0.15) is 84.0 Å². The molecule has 1 aliphatic carbocycles. The first kappa shape index (κ1) is 15.5. The lowest BCUT2D eigenvalue weighted by atomic mass is 9.97. The van der Waals surface area contributed by atoms with E-state index in [-0.39, 0.29) is 0 Å². The molecule has 1 nitrogen and oxygen atoms in total. The summed E-state index contributed by atoms with van der Waals surface area (Å²) in [4.78, 5) is 11.8. The second-order valence-electron chi connectivity index (χ2n) is 5.92. The summed E-state index contributed by atoms with van der Waals surface area (Å²) in [6.45, 7) is 2.20. The molecule has 0 radical (unpaired) electrons. The molecule has 0 fully saturated rings. The predicted molar refractivity (Wildman–Crippen MR) is 78.7 cm³/mol. The Balaban J connectivity index is 2.29. The van der Waals surface area contributed by atoms with Crippen molar-refractivity contribution in [1.82, 2.24) is 0 Å². The van der Waals surface area contributed by atoms with Crippen LogP contribution in [0.2, 0.25) is 0 Å². The lowest BCUT2D eigenvalue weighted by molar-refractivity contribution is -0.119. The van der Waals surface area contributed by atoms with Gasteiger partial charge >= 0.3 is 0 Å². The summed E-state index contributed by atoms with van der Waals surface area (Å²) in [5, 5.41) is 0. The Morgan fingerprint density at radius 1 is 0.889 bits per heavy atom. The normalized spacial score (nSPS) is 26.1. The van der Waals surface area contributed by atoms with Crippen LogP contribution in [0.5, 0.6) is 0 Å². The van der Waals surface area contributed by atoms with Crippen molar-refractivity contribution in [2.75, 3.05) is 0 Å². The Hall–Kier alpha value is -0.590. The van der Waals surface area contributed by atoms with E-state index < -0.39 is 0 Å². The summed E-state index contributed by atoms with van der Waals surface area (Å²) in [6, 6.07) is 0. The monoisotopic (exact) mass is 250 g/mol. The molecule has 0 unspecified atom stereocenters. The molecule has 1 aliphatic rings. The lowest BCUT2D eigenvalue weighted by Gasteiger charge is -2.08. The zero-order chi connectivity index (χ0) is 13.1. The molecule has 0 saturated heterocycles. The van der Waals surface area contributed by atoms with Gasteiger partial charge in [-0.1, -0.05) is 57.6 Å². The zero-order valence-corrected chi connectivity index (χ0v) is 12.1. The Bertz CT molecular complexity index is 242. The van der Waals surface area contributed by atoms with E-state index in [1.807, 2.05) is 0 Å². The molecule has 1 heteroatoms. The SMILES string of the molecule is C[C@@H]1CC=CCCCCCCCCCCC(=O)C1. The molecule has 0 spiro atoms. The Kier molecular flexibility index (Phi) is 8.89. The molecule has 0 aromatic carbocycles. The minimum absolute atomic E-state index is 0.475. The van der Waals surface area contributed by atoms with Crippen molar-refractivity contribution in [2.45, 2.75) is 84.0 Å². The maximum Gasteiger partial charge on any atom is 0.133 e. The van der Waals surface area contributed by atoms with Gasteiger partial charge in [0.1, 0.15) is 5.78 Å². The molecule has 1 atom stereocenters. The van der Waals surface area contributed by atoms with Gasteiger partial charge < -0.3 is 0 Å². The topological polar surface area (TPSA) is 17.1 Å².